The van der Waals surface area contributed by atoms with Gasteiger partial charge in [-0.2, -0.15) is 0 Å². The van der Waals surface area contributed by atoms with Crippen LogP contribution in [0.3, 0.4) is 0 Å². The first-order valence-electron chi connectivity index (χ1n) is 8.80. The number of aromatic hydroxyl groups is 1. The van der Waals surface area contributed by atoms with E-state index >= 15 is 0 Å². The van der Waals surface area contributed by atoms with Crippen LogP contribution in [0, 0.1) is 0 Å². The molecule has 0 saturated heterocycles. The average molecular weight is 341 g/mol. The number of para-hydroxylation sites is 1. The number of urea groups is 1. The zero-order chi connectivity index (χ0) is 18.1. The van der Waals surface area contributed by atoms with Crippen molar-refractivity contribution in [3.8, 4) is 5.75 Å². The molecular formula is C20H27N3O2. The molecule has 0 aliphatic carbocycles. The summed E-state index contributed by atoms with van der Waals surface area (Å²) in [6.45, 7) is 6.16. The summed E-state index contributed by atoms with van der Waals surface area (Å²) in [5.41, 5.74) is 2.47. The summed E-state index contributed by atoms with van der Waals surface area (Å²) < 4.78 is 0. The fraction of sp³-hybridized carbons (Fsp3) is 0.350. The van der Waals surface area contributed by atoms with Crippen LogP contribution < -0.4 is 10.6 Å². The van der Waals surface area contributed by atoms with Crippen molar-refractivity contribution < 1.29 is 9.90 Å². The Morgan fingerprint density at radius 1 is 1.00 bits per heavy atom. The maximum Gasteiger partial charge on any atom is 0.321 e. The quantitative estimate of drug-likeness (QED) is 0.654. The molecule has 2 amide bonds. The highest BCUT2D eigenvalue weighted by Crippen LogP contribution is 2.20. The highest BCUT2D eigenvalue weighted by atomic mass is 16.3. The van der Waals surface area contributed by atoms with Gasteiger partial charge in [-0.1, -0.05) is 38.1 Å². The molecule has 5 heteroatoms. The highest BCUT2D eigenvalue weighted by Gasteiger charge is 2.11. The molecule has 2 aromatic rings. The van der Waals surface area contributed by atoms with Crippen LogP contribution in [0.4, 0.5) is 16.2 Å². The number of nitrogens with zero attached hydrogens (tertiary/aromatic N) is 1. The molecule has 0 unspecified atom stereocenters. The van der Waals surface area contributed by atoms with Crippen LogP contribution in [0.1, 0.15) is 32.3 Å². The van der Waals surface area contributed by atoms with Gasteiger partial charge in [0.05, 0.1) is 0 Å². The summed E-state index contributed by atoms with van der Waals surface area (Å²) in [6.07, 6.45) is 1.88. The van der Waals surface area contributed by atoms with Crippen molar-refractivity contribution >= 4 is 17.4 Å². The highest BCUT2D eigenvalue weighted by molar-refractivity contribution is 5.89. The summed E-state index contributed by atoms with van der Waals surface area (Å²) in [5.74, 6) is 0.272. The number of hydrogen-bond donors (Lipinski definition) is 3. The normalized spacial score (nSPS) is 10.3. The second-order valence-corrected chi connectivity index (χ2v) is 5.98. The van der Waals surface area contributed by atoms with Gasteiger partial charge in [0.25, 0.3) is 0 Å². The third kappa shape index (κ3) is 5.71. The lowest BCUT2D eigenvalue weighted by molar-refractivity contribution is 0.211. The Morgan fingerprint density at radius 2 is 1.68 bits per heavy atom. The summed E-state index contributed by atoms with van der Waals surface area (Å²) in [4.78, 5) is 14.2. The van der Waals surface area contributed by atoms with Crippen molar-refractivity contribution in [1.82, 2.24) is 4.90 Å². The standard InChI is InChI=1S/C20H27N3O2/c1-3-12-23(13-4-2)20(25)22-18-10-7-9-17(14-18)21-15-16-8-5-6-11-19(16)24/h5-11,14,21,24H,3-4,12-13,15H2,1-2H3,(H,22,25). The van der Waals surface area contributed by atoms with E-state index in [0.717, 1.165) is 42.9 Å². The van der Waals surface area contributed by atoms with Crippen molar-refractivity contribution in [2.24, 2.45) is 0 Å². The molecular weight excluding hydrogens is 314 g/mol. The molecule has 25 heavy (non-hydrogen) atoms. The fourth-order valence-electron chi connectivity index (χ4n) is 2.62. The Balaban J connectivity index is 1.98. The van der Waals surface area contributed by atoms with Crippen LogP contribution in [-0.4, -0.2) is 29.1 Å². The molecule has 2 aromatic carbocycles. The van der Waals surface area contributed by atoms with Crippen molar-refractivity contribution in [1.29, 1.82) is 0 Å². The second kappa shape index (κ2) is 9.57. The maximum atomic E-state index is 12.4. The van der Waals surface area contributed by atoms with E-state index in [2.05, 4.69) is 24.5 Å². The molecule has 5 nitrogen and oxygen atoms in total. The van der Waals surface area contributed by atoms with E-state index < -0.39 is 0 Å². The molecule has 0 aliphatic rings. The largest absolute Gasteiger partial charge is 0.508 e. The summed E-state index contributed by atoms with van der Waals surface area (Å²) in [7, 11) is 0. The predicted molar refractivity (Wildman–Crippen MR) is 103 cm³/mol. The number of phenolic OH excluding ortho intramolecular Hbond substituents is 1. The van der Waals surface area contributed by atoms with Crippen LogP contribution in [0.5, 0.6) is 5.75 Å². The zero-order valence-electron chi connectivity index (χ0n) is 15.0. The molecule has 0 fully saturated rings. The Bertz CT molecular complexity index is 682. The molecule has 0 aliphatic heterocycles. The van der Waals surface area contributed by atoms with E-state index in [-0.39, 0.29) is 11.8 Å². The van der Waals surface area contributed by atoms with Crippen molar-refractivity contribution in [2.45, 2.75) is 33.2 Å². The second-order valence-electron chi connectivity index (χ2n) is 5.98. The number of carbonyl (C=O) groups excluding carboxylic acids is 1. The number of hydrogen-bond acceptors (Lipinski definition) is 3. The molecule has 0 bridgehead atoms. The number of rotatable bonds is 8. The number of phenols is 1. The average Bonchev–Trinajstić information content (AvgIpc) is 2.61. The maximum absolute atomic E-state index is 12.4. The molecule has 0 heterocycles. The van der Waals surface area contributed by atoms with Gasteiger partial charge in [-0.05, 0) is 37.1 Å². The van der Waals surface area contributed by atoms with Gasteiger partial charge in [0.15, 0.2) is 0 Å². The van der Waals surface area contributed by atoms with E-state index in [1.54, 1.807) is 12.1 Å². The van der Waals surface area contributed by atoms with Gasteiger partial charge in [0.1, 0.15) is 5.75 Å². The van der Waals surface area contributed by atoms with Gasteiger partial charge in [-0.25, -0.2) is 4.79 Å². The smallest absolute Gasteiger partial charge is 0.321 e. The van der Waals surface area contributed by atoms with Gasteiger partial charge >= 0.3 is 6.03 Å². The summed E-state index contributed by atoms with van der Waals surface area (Å²) >= 11 is 0. The number of carbonyl (C=O) groups is 1. The molecule has 0 spiro atoms. The Morgan fingerprint density at radius 3 is 2.36 bits per heavy atom. The topological polar surface area (TPSA) is 64.6 Å². The van der Waals surface area contributed by atoms with E-state index in [9.17, 15) is 9.90 Å². The SMILES string of the molecule is CCCN(CCC)C(=O)Nc1cccc(NCc2ccccc2O)c1. The lowest BCUT2D eigenvalue weighted by Crippen LogP contribution is -2.36. The summed E-state index contributed by atoms with van der Waals surface area (Å²) in [6, 6.07) is 14.8. The van der Waals surface area contributed by atoms with E-state index in [1.165, 1.54) is 0 Å². The van der Waals surface area contributed by atoms with Gasteiger partial charge in [0.2, 0.25) is 0 Å². The van der Waals surface area contributed by atoms with Crippen molar-refractivity contribution in [2.75, 3.05) is 23.7 Å². The third-order valence-corrected chi connectivity index (χ3v) is 3.86. The first-order valence-corrected chi connectivity index (χ1v) is 8.80. The zero-order valence-corrected chi connectivity index (χ0v) is 15.0. The first-order chi connectivity index (χ1) is 12.1. The minimum absolute atomic E-state index is 0.0680. The third-order valence-electron chi connectivity index (χ3n) is 3.86. The van der Waals surface area contributed by atoms with Crippen LogP contribution in [0.25, 0.3) is 0 Å². The predicted octanol–water partition coefficient (Wildman–Crippen LogP) is 4.66. The van der Waals surface area contributed by atoms with Crippen LogP contribution in [0.15, 0.2) is 48.5 Å². The number of nitrogens with one attached hydrogen (secondary N) is 2. The van der Waals surface area contributed by atoms with E-state index in [0.29, 0.717) is 6.54 Å². The minimum Gasteiger partial charge on any atom is -0.508 e. The van der Waals surface area contributed by atoms with E-state index in [4.69, 9.17) is 0 Å². The van der Waals surface area contributed by atoms with Gasteiger partial charge < -0.3 is 20.6 Å². The van der Waals surface area contributed by atoms with Gasteiger partial charge in [-0.15, -0.1) is 0 Å². The van der Waals surface area contributed by atoms with Gasteiger partial charge in [-0.3, -0.25) is 0 Å². The number of amides is 2. The first kappa shape index (κ1) is 18.6. The lowest BCUT2D eigenvalue weighted by atomic mass is 10.2. The van der Waals surface area contributed by atoms with Crippen molar-refractivity contribution in [3.63, 3.8) is 0 Å². The van der Waals surface area contributed by atoms with E-state index in [1.807, 2.05) is 41.3 Å². The Labute approximate surface area is 149 Å². The molecule has 3 N–H and O–H groups in total. The Kier molecular flexibility index (Phi) is 7.14. The minimum atomic E-state index is -0.0680. The summed E-state index contributed by atoms with van der Waals surface area (Å²) in [5, 5.41) is 16.1. The number of anilines is 2. The molecule has 0 atom stereocenters. The van der Waals surface area contributed by atoms with Crippen LogP contribution in [0.2, 0.25) is 0 Å². The monoisotopic (exact) mass is 341 g/mol. The molecule has 134 valence electrons. The van der Waals surface area contributed by atoms with Crippen LogP contribution >= 0.6 is 0 Å². The van der Waals surface area contributed by atoms with Gasteiger partial charge in [0, 0.05) is 36.6 Å². The molecule has 0 radical (unpaired) electrons. The molecule has 0 aromatic heterocycles. The fourth-order valence-corrected chi connectivity index (χ4v) is 2.62. The lowest BCUT2D eigenvalue weighted by Gasteiger charge is -2.22. The number of benzene rings is 2. The van der Waals surface area contributed by atoms with Crippen molar-refractivity contribution in [3.05, 3.63) is 54.1 Å². The molecule has 2 rings (SSSR count). The molecule has 0 saturated carbocycles. The van der Waals surface area contributed by atoms with Crippen LogP contribution in [-0.2, 0) is 6.54 Å². The Hall–Kier alpha value is -2.69.